The molecular weight excluding hydrogens is 307 g/mol. The number of aryl methyl sites for hydroxylation is 1. The number of anilines is 1. The Morgan fingerprint density at radius 3 is 2.57 bits per heavy atom. The highest BCUT2D eigenvalue weighted by atomic mass is 32.1. The largest absolute Gasteiger partial charge is 0.452 e. The molecule has 114 valence electrons. The minimum absolute atomic E-state index is 0.247. The normalized spacial score (nSPS) is 17.9. The summed E-state index contributed by atoms with van der Waals surface area (Å²) < 4.78 is 48.1. The maximum Gasteiger partial charge on any atom is 0.452 e. The lowest BCUT2D eigenvalue weighted by atomic mass is 9.90. The molecule has 0 aromatic carbocycles. The minimum atomic E-state index is -4.51. The quantitative estimate of drug-likeness (QED) is 0.861. The lowest BCUT2D eigenvalue weighted by molar-refractivity contribution is -0.144. The summed E-state index contributed by atoms with van der Waals surface area (Å²) in [7, 11) is 3.37. The Balaban J connectivity index is 1.78. The van der Waals surface area contributed by atoms with Crippen molar-refractivity contribution >= 4 is 16.7 Å². The number of alkyl halides is 3. The van der Waals surface area contributed by atoms with Gasteiger partial charge < -0.3 is 9.64 Å². The maximum atomic E-state index is 12.5. The molecule has 0 atom stereocenters. The molecule has 1 fully saturated rings. The Morgan fingerprint density at radius 2 is 2.10 bits per heavy atom. The van der Waals surface area contributed by atoms with Gasteiger partial charge in [-0.05, 0) is 6.07 Å². The van der Waals surface area contributed by atoms with Crippen LogP contribution in [0.4, 0.5) is 18.3 Å². The zero-order valence-electron chi connectivity index (χ0n) is 11.3. The number of hydrogen-bond donors (Lipinski definition) is 0. The lowest BCUT2D eigenvalue weighted by Crippen LogP contribution is -2.61. The molecule has 0 amide bonds. The van der Waals surface area contributed by atoms with Crippen LogP contribution in [0.1, 0.15) is 11.5 Å². The fourth-order valence-electron chi connectivity index (χ4n) is 2.38. The lowest BCUT2D eigenvalue weighted by Gasteiger charge is -2.48. The molecule has 0 radical (unpaired) electrons. The van der Waals surface area contributed by atoms with Crippen LogP contribution in [0.15, 0.2) is 12.3 Å². The van der Waals surface area contributed by atoms with Gasteiger partial charge in [0.05, 0.1) is 18.8 Å². The number of ether oxygens (including phenoxy) is 1. The van der Waals surface area contributed by atoms with Crippen molar-refractivity contribution in [3.63, 3.8) is 0 Å². The smallest absolute Gasteiger partial charge is 0.368 e. The van der Waals surface area contributed by atoms with Crippen molar-refractivity contribution in [1.29, 1.82) is 0 Å². The first-order valence-electron chi connectivity index (χ1n) is 6.05. The highest BCUT2D eigenvalue weighted by Gasteiger charge is 2.48. The van der Waals surface area contributed by atoms with Crippen LogP contribution in [-0.4, -0.2) is 39.3 Å². The van der Waals surface area contributed by atoms with E-state index in [-0.39, 0.29) is 5.13 Å². The van der Waals surface area contributed by atoms with Crippen LogP contribution in [0.25, 0.3) is 0 Å². The van der Waals surface area contributed by atoms with Gasteiger partial charge in [0.25, 0.3) is 0 Å². The number of halogens is 3. The van der Waals surface area contributed by atoms with Crippen LogP contribution in [0, 0.1) is 0 Å². The van der Waals surface area contributed by atoms with E-state index < -0.39 is 17.6 Å². The van der Waals surface area contributed by atoms with Crippen molar-refractivity contribution in [2.45, 2.75) is 11.8 Å². The van der Waals surface area contributed by atoms with E-state index >= 15 is 0 Å². The second-order valence-corrected chi connectivity index (χ2v) is 5.52. The third kappa shape index (κ3) is 2.27. The van der Waals surface area contributed by atoms with Gasteiger partial charge in [-0.15, -0.1) is 0 Å². The number of nitrogens with zero attached hydrogens (tertiary/aromatic N) is 5. The van der Waals surface area contributed by atoms with E-state index in [4.69, 9.17) is 4.74 Å². The van der Waals surface area contributed by atoms with E-state index in [0.29, 0.717) is 13.1 Å². The molecule has 0 aliphatic carbocycles. The summed E-state index contributed by atoms with van der Waals surface area (Å²) in [6.07, 6.45) is -2.86. The summed E-state index contributed by atoms with van der Waals surface area (Å²) in [5.74, 6) is -1.10. The number of hydrogen-bond acceptors (Lipinski definition) is 6. The monoisotopic (exact) mass is 319 g/mol. The van der Waals surface area contributed by atoms with E-state index in [0.717, 1.165) is 17.2 Å². The molecule has 10 heteroatoms. The number of methoxy groups -OCH3 is 1. The first-order chi connectivity index (χ1) is 9.86. The first-order valence-corrected chi connectivity index (χ1v) is 6.82. The van der Waals surface area contributed by atoms with E-state index in [1.165, 1.54) is 0 Å². The maximum absolute atomic E-state index is 12.5. The van der Waals surface area contributed by atoms with Crippen LogP contribution in [0.5, 0.6) is 0 Å². The van der Waals surface area contributed by atoms with Crippen LogP contribution in [0.2, 0.25) is 0 Å². The molecule has 0 spiro atoms. The van der Waals surface area contributed by atoms with Crippen LogP contribution >= 0.6 is 11.5 Å². The highest BCUT2D eigenvalue weighted by Crippen LogP contribution is 2.39. The summed E-state index contributed by atoms with van der Waals surface area (Å²) in [5, 5.41) is 4.34. The molecular formula is C11H12F3N5OS. The van der Waals surface area contributed by atoms with E-state index in [9.17, 15) is 13.2 Å². The summed E-state index contributed by atoms with van der Waals surface area (Å²) in [6.45, 7) is 0.824. The van der Waals surface area contributed by atoms with Gasteiger partial charge in [0.2, 0.25) is 11.0 Å². The third-order valence-corrected chi connectivity index (χ3v) is 4.29. The molecule has 1 saturated heterocycles. The van der Waals surface area contributed by atoms with Crippen molar-refractivity contribution < 1.29 is 17.9 Å². The second kappa shape index (κ2) is 4.67. The van der Waals surface area contributed by atoms with Crippen LogP contribution in [-0.2, 0) is 23.6 Å². The molecule has 1 aliphatic rings. The van der Waals surface area contributed by atoms with Gasteiger partial charge in [-0.1, -0.05) is 0 Å². The SMILES string of the molecule is COC1(c2ccnn2C)CN(c2nc(C(F)(F)F)ns2)C1. The molecule has 0 saturated carbocycles. The van der Waals surface area contributed by atoms with Gasteiger partial charge in [-0.25, -0.2) is 0 Å². The standard InChI is InChI=1S/C11H12F3N5OS/c1-18-7(3-4-15-18)10(20-2)5-19(6-10)9-16-8(17-21-9)11(12,13)14/h3-4H,5-6H2,1-2H3. The first kappa shape index (κ1) is 14.3. The number of aromatic nitrogens is 4. The van der Waals surface area contributed by atoms with Gasteiger partial charge in [-0.2, -0.15) is 27.6 Å². The number of rotatable bonds is 3. The fraction of sp³-hybridized carbons (Fsp3) is 0.545. The fourth-order valence-corrected chi connectivity index (χ4v) is 3.07. The zero-order valence-corrected chi connectivity index (χ0v) is 12.1. The predicted octanol–water partition coefficient (Wildman–Crippen LogP) is 1.65. The topological polar surface area (TPSA) is 56.1 Å². The molecule has 2 aromatic rings. The van der Waals surface area contributed by atoms with Crippen LogP contribution in [0.3, 0.4) is 0 Å². The van der Waals surface area contributed by atoms with Gasteiger partial charge in [-0.3, -0.25) is 4.68 Å². The molecule has 0 bridgehead atoms. The predicted molar refractivity (Wildman–Crippen MR) is 69.0 cm³/mol. The molecule has 21 heavy (non-hydrogen) atoms. The average Bonchev–Trinajstić information content (AvgIpc) is 2.98. The Hall–Kier alpha value is -1.68. The van der Waals surface area contributed by atoms with Gasteiger partial charge in [0, 0.05) is 31.9 Å². The molecule has 6 nitrogen and oxygen atoms in total. The van der Waals surface area contributed by atoms with Crippen molar-refractivity contribution in [3.05, 3.63) is 23.8 Å². The average molecular weight is 319 g/mol. The van der Waals surface area contributed by atoms with E-state index in [1.54, 1.807) is 29.9 Å². The molecule has 1 aliphatic heterocycles. The van der Waals surface area contributed by atoms with Gasteiger partial charge >= 0.3 is 6.18 Å². The Morgan fingerprint density at radius 1 is 1.38 bits per heavy atom. The van der Waals surface area contributed by atoms with Crippen molar-refractivity contribution in [1.82, 2.24) is 19.1 Å². The van der Waals surface area contributed by atoms with Crippen LogP contribution < -0.4 is 4.90 Å². The highest BCUT2D eigenvalue weighted by molar-refractivity contribution is 7.09. The minimum Gasteiger partial charge on any atom is -0.368 e. The van der Waals surface area contributed by atoms with Crippen molar-refractivity contribution in [3.8, 4) is 0 Å². The summed E-state index contributed by atoms with van der Waals surface area (Å²) in [5.41, 5.74) is 0.303. The summed E-state index contributed by atoms with van der Waals surface area (Å²) >= 11 is 0.740. The Labute approximate surface area is 122 Å². The van der Waals surface area contributed by atoms with E-state index in [2.05, 4.69) is 14.5 Å². The molecule has 0 N–H and O–H groups in total. The van der Waals surface area contributed by atoms with Gasteiger partial charge in [0.15, 0.2) is 0 Å². The van der Waals surface area contributed by atoms with Crippen molar-refractivity contribution in [2.75, 3.05) is 25.1 Å². The summed E-state index contributed by atoms with van der Waals surface area (Å²) in [4.78, 5) is 5.25. The summed E-state index contributed by atoms with van der Waals surface area (Å²) in [6, 6.07) is 1.84. The van der Waals surface area contributed by atoms with Crippen molar-refractivity contribution in [2.24, 2.45) is 7.05 Å². The Bertz CT molecular complexity index is 646. The Kier molecular flexibility index (Phi) is 3.17. The second-order valence-electron chi connectivity index (χ2n) is 4.79. The third-order valence-electron chi connectivity index (χ3n) is 3.51. The molecule has 0 unspecified atom stereocenters. The van der Waals surface area contributed by atoms with Gasteiger partial charge in [0.1, 0.15) is 5.60 Å². The zero-order chi connectivity index (χ0) is 15.3. The van der Waals surface area contributed by atoms with E-state index in [1.807, 2.05) is 6.07 Å². The molecule has 2 aromatic heterocycles. The molecule has 3 heterocycles. The molecule has 3 rings (SSSR count).